The number of rotatable bonds is 10. The van der Waals surface area contributed by atoms with Crippen molar-refractivity contribution >= 4 is 23.8 Å². The van der Waals surface area contributed by atoms with Crippen molar-refractivity contribution in [2.45, 2.75) is 77.2 Å². The smallest absolute Gasteiger partial charge is 0.411 e. The highest BCUT2D eigenvalue weighted by Gasteiger charge is 2.38. The molecule has 0 saturated carbocycles. The molecule has 2 heterocycles. The second kappa shape index (κ2) is 16.0. The molecule has 0 spiro atoms. The van der Waals surface area contributed by atoms with E-state index < -0.39 is 41.7 Å². The lowest BCUT2D eigenvalue weighted by molar-refractivity contribution is -0.118. The van der Waals surface area contributed by atoms with Gasteiger partial charge in [0, 0.05) is 17.3 Å². The van der Waals surface area contributed by atoms with Crippen LogP contribution in [0.25, 0.3) is 0 Å². The van der Waals surface area contributed by atoms with Crippen LogP contribution in [-0.4, -0.2) is 71.0 Å². The molecule has 3 N–H and O–H groups in total. The summed E-state index contributed by atoms with van der Waals surface area (Å²) in [5, 5.41) is 5.88. The molecule has 0 radical (unpaired) electrons. The van der Waals surface area contributed by atoms with E-state index in [-0.39, 0.29) is 12.7 Å². The second-order valence-electron chi connectivity index (χ2n) is 13.5. The molecule has 0 aliphatic carbocycles. The number of alkyl carbamates (subject to hydrolysis) is 1. The molecule has 1 aliphatic rings. The van der Waals surface area contributed by atoms with Gasteiger partial charge in [-0.1, -0.05) is 78.9 Å². The minimum Gasteiger partial charge on any atom is -0.453 e. The SMILES string of the molecule is COC(=O)N[C@H](C(=O)Nc1ccccc1CC[C@@H]1CN(C(=O)OC(C)(C)C)[C@H](c2nc(C)c(C)[nH]2)CO1)C(c1ccccc1)c1ccccc1. The summed E-state index contributed by atoms with van der Waals surface area (Å²) in [6.45, 7) is 9.98. The second-order valence-corrected chi connectivity index (χ2v) is 13.5. The summed E-state index contributed by atoms with van der Waals surface area (Å²) in [4.78, 5) is 49.8. The van der Waals surface area contributed by atoms with E-state index in [4.69, 9.17) is 14.2 Å². The molecule has 1 aromatic heterocycles. The Labute approximate surface area is 293 Å². The molecule has 1 saturated heterocycles. The zero-order valence-corrected chi connectivity index (χ0v) is 29.6. The van der Waals surface area contributed by atoms with Gasteiger partial charge < -0.3 is 29.8 Å². The fourth-order valence-electron chi connectivity index (χ4n) is 6.14. The van der Waals surface area contributed by atoms with Crippen LogP contribution < -0.4 is 10.6 Å². The van der Waals surface area contributed by atoms with Crippen LogP contribution in [0.15, 0.2) is 84.9 Å². The van der Waals surface area contributed by atoms with E-state index in [0.29, 0.717) is 30.9 Å². The summed E-state index contributed by atoms with van der Waals surface area (Å²) in [6.07, 6.45) is -0.282. The van der Waals surface area contributed by atoms with E-state index in [0.717, 1.165) is 28.1 Å². The molecule has 1 aliphatic heterocycles. The van der Waals surface area contributed by atoms with Crippen molar-refractivity contribution in [2.75, 3.05) is 25.6 Å². The van der Waals surface area contributed by atoms with Crippen molar-refractivity contribution in [1.82, 2.24) is 20.2 Å². The average molecular weight is 682 g/mol. The summed E-state index contributed by atoms with van der Waals surface area (Å²) in [5.74, 6) is -0.220. The standard InChI is InChI=1S/C39H47N5O6/c1-25-26(2)41-35(40-25)32-24-49-30(23-44(32)38(47)50-39(3,4)5)22-21-27-15-13-14-20-31(27)42-36(45)34(43-37(46)48-6)33(28-16-9-7-10-17-28)29-18-11-8-12-19-29/h7-20,30,32-34H,21-24H2,1-6H3,(H,40,41)(H,42,45)(H,43,46)/t30-,32+,34+/m1/s1. The number of hydrogen-bond acceptors (Lipinski definition) is 7. The Morgan fingerprint density at radius 3 is 2.16 bits per heavy atom. The Balaban J connectivity index is 1.35. The number of imidazole rings is 1. The number of aromatic nitrogens is 2. The first-order valence-electron chi connectivity index (χ1n) is 16.9. The molecule has 3 aromatic carbocycles. The van der Waals surface area contributed by atoms with Gasteiger partial charge in [0.2, 0.25) is 5.91 Å². The minimum atomic E-state index is -0.991. The lowest BCUT2D eigenvalue weighted by Crippen LogP contribution is -2.49. The molecule has 4 aromatic rings. The Morgan fingerprint density at radius 1 is 0.960 bits per heavy atom. The summed E-state index contributed by atoms with van der Waals surface area (Å²) < 4.78 is 17.0. The normalized spacial score (nSPS) is 16.8. The number of carbonyl (C=O) groups excluding carboxylic acids is 3. The third kappa shape index (κ3) is 9.09. The van der Waals surface area contributed by atoms with Gasteiger partial charge in [0.25, 0.3) is 0 Å². The van der Waals surface area contributed by atoms with Gasteiger partial charge in [0.15, 0.2) is 0 Å². The number of methoxy groups -OCH3 is 1. The molecular weight excluding hydrogens is 634 g/mol. The van der Waals surface area contributed by atoms with E-state index in [1.165, 1.54) is 7.11 Å². The van der Waals surface area contributed by atoms with Gasteiger partial charge in [-0.15, -0.1) is 0 Å². The highest BCUT2D eigenvalue weighted by atomic mass is 16.6. The monoisotopic (exact) mass is 681 g/mol. The Kier molecular flexibility index (Phi) is 11.6. The zero-order chi connectivity index (χ0) is 35.8. The molecule has 11 nitrogen and oxygen atoms in total. The van der Waals surface area contributed by atoms with Crippen molar-refractivity contribution < 1.29 is 28.6 Å². The third-order valence-corrected chi connectivity index (χ3v) is 8.76. The Bertz CT molecular complexity index is 1690. The molecule has 264 valence electrons. The molecule has 50 heavy (non-hydrogen) atoms. The van der Waals surface area contributed by atoms with Crippen molar-refractivity contribution in [3.63, 3.8) is 0 Å². The number of nitrogens with one attached hydrogen (secondary N) is 3. The van der Waals surface area contributed by atoms with Gasteiger partial charge >= 0.3 is 12.2 Å². The fraction of sp³-hybridized carbons (Fsp3) is 0.385. The maximum Gasteiger partial charge on any atom is 0.411 e. The molecule has 1 fully saturated rings. The highest BCUT2D eigenvalue weighted by Crippen LogP contribution is 2.31. The number of hydrogen-bond donors (Lipinski definition) is 3. The van der Waals surface area contributed by atoms with E-state index in [1.807, 2.05) is 120 Å². The Morgan fingerprint density at radius 2 is 1.58 bits per heavy atom. The van der Waals surface area contributed by atoms with Crippen LogP contribution in [-0.2, 0) is 25.4 Å². The number of aromatic amines is 1. The molecular formula is C39H47N5O6. The van der Waals surface area contributed by atoms with Crippen LogP contribution in [0.5, 0.6) is 0 Å². The van der Waals surface area contributed by atoms with E-state index in [9.17, 15) is 14.4 Å². The average Bonchev–Trinajstić information content (AvgIpc) is 3.44. The van der Waals surface area contributed by atoms with Gasteiger partial charge in [-0.3, -0.25) is 9.69 Å². The fourth-order valence-corrected chi connectivity index (χ4v) is 6.14. The van der Waals surface area contributed by atoms with Crippen LogP contribution in [0.3, 0.4) is 0 Å². The third-order valence-electron chi connectivity index (χ3n) is 8.76. The molecule has 0 unspecified atom stereocenters. The number of carbonyl (C=O) groups is 3. The predicted molar refractivity (Wildman–Crippen MR) is 191 cm³/mol. The topological polar surface area (TPSA) is 135 Å². The van der Waals surface area contributed by atoms with Gasteiger partial charge in [-0.2, -0.15) is 0 Å². The number of morpholine rings is 1. The van der Waals surface area contributed by atoms with Gasteiger partial charge in [-0.25, -0.2) is 14.6 Å². The summed E-state index contributed by atoms with van der Waals surface area (Å²) in [5.41, 5.74) is 4.38. The number of amides is 3. The first-order valence-corrected chi connectivity index (χ1v) is 16.9. The zero-order valence-electron chi connectivity index (χ0n) is 29.6. The number of anilines is 1. The van der Waals surface area contributed by atoms with Crippen LogP contribution >= 0.6 is 0 Å². The van der Waals surface area contributed by atoms with Crippen LogP contribution in [0.4, 0.5) is 15.3 Å². The summed E-state index contributed by atoms with van der Waals surface area (Å²) in [7, 11) is 1.27. The van der Waals surface area contributed by atoms with Crippen molar-refractivity contribution in [2.24, 2.45) is 0 Å². The maximum absolute atomic E-state index is 14.2. The first kappa shape index (κ1) is 36.1. The molecule has 11 heteroatoms. The van der Waals surface area contributed by atoms with Crippen LogP contribution in [0.2, 0.25) is 0 Å². The molecule has 5 rings (SSSR count). The van der Waals surface area contributed by atoms with Crippen LogP contribution in [0.1, 0.15) is 73.1 Å². The first-order chi connectivity index (χ1) is 23.9. The highest BCUT2D eigenvalue weighted by molar-refractivity contribution is 5.98. The summed E-state index contributed by atoms with van der Waals surface area (Å²) >= 11 is 0. The number of benzene rings is 3. The number of aryl methyl sites for hydroxylation is 3. The lowest BCUT2D eigenvalue weighted by atomic mass is 9.84. The minimum absolute atomic E-state index is 0.260. The largest absolute Gasteiger partial charge is 0.453 e. The van der Waals surface area contributed by atoms with Crippen molar-refractivity contribution in [3.05, 3.63) is 119 Å². The van der Waals surface area contributed by atoms with Gasteiger partial charge in [-0.05, 0) is 70.2 Å². The van der Waals surface area contributed by atoms with E-state index in [1.54, 1.807) is 4.90 Å². The van der Waals surface area contributed by atoms with Crippen molar-refractivity contribution in [3.8, 4) is 0 Å². The number of H-pyrrole nitrogens is 1. The van der Waals surface area contributed by atoms with Crippen molar-refractivity contribution in [1.29, 1.82) is 0 Å². The quantitative estimate of drug-likeness (QED) is 0.167. The number of para-hydroxylation sites is 1. The molecule has 3 amide bonds. The number of nitrogens with zero attached hydrogens (tertiary/aromatic N) is 2. The summed E-state index contributed by atoms with van der Waals surface area (Å²) in [6, 6.07) is 25.4. The van der Waals surface area contributed by atoms with Crippen LogP contribution in [0, 0.1) is 13.8 Å². The lowest BCUT2D eigenvalue weighted by Gasteiger charge is -2.39. The van der Waals surface area contributed by atoms with E-state index in [2.05, 4.69) is 20.6 Å². The van der Waals surface area contributed by atoms with E-state index >= 15 is 0 Å². The maximum atomic E-state index is 14.2. The molecule has 3 atom stereocenters. The number of ether oxygens (including phenoxy) is 3. The molecule has 0 bridgehead atoms. The predicted octanol–water partition coefficient (Wildman–Crippen LogP) is 6.83. The van der Waals surface area contributed by atoms with Gasteiger partial charge in [0.05, 0.1) is 32.1 Å². The van der Waals surface area contributed by atoms with Gasteiger partial charge in [0.1, 0.15) is 23.5 Å². The Hall–Kier alpha value is -5.16.